The van der Waals surface area contributed by atoms with Gasteiger partial charge in [0.05, 0.1) is 17.9 Å². The van der Waals surface area contributed by atoms with Crippen molar-refractivity contribution in [3.05, 3.63) is 34.9 Å². The molecule has 1 atom stereocenters. The summed E-state index contributed by atoms with van der Waals surface area (Å²) in [4.78, 5) is 17.1. The van der Waals surface area contributed by atoms with E-state index in [1.54, 1.807) is 0 Å². The van der Waals surface area contributed by atoms with Crippen molar-refractivity contribution in [1.82, 2.24) is 29.8 Å². The highest BCUT2D eigenvalue weighted by Gasteiger charge is 2.30. The summed E-state index contributed by atoms with van der Waals surface area (Å²) in [5.41, 5.74) is 3.49. The molecule has 2 aromatic rings. The Balaban J connectivity index is 1.64. The number of likely N-dealkylation sites (N-methyl/N-ethyl adjacent to an activating group) is 1. The van der Waals surface area contributed by atoms with E-state index in [-0.39, 0.29) is 5.91 Å². The summed E-state index contributed by atoms with van der Waals surface area (Å²) < 4.78 is 1.92. The first-order valence-corrected chi connectivity index (χ1v) is 9.10. The summed E-state index contributed by atoms with van der Waals surface area (Å²) >= 11 is 0. The van der Waals surface area contributed by atoms with E-state index in [0.717, 1.165) is 49.7 Å². The number of hydrogen-bond acceptors (Lipinski definition) is 4. The average molecular weight is 344 g/mol. The van der Waals surface area contributed by atoms with E-state index in [1.807, 2.05) is 35.6 Å². The highest BCUT2D eigenvalue weighted by atomic mass is 16.2. The van der Waals surface area contributed by atoms with Crippen molar-refractivity contribution in [3.63, 3.8) is 0 Å². The highest BCUT2D eigenvalue weighted by molar-refractivity contribution is 5.92. The van der Waals surface area contributed by atoms with Crippen LogP contribution in [0.5, 0.6) is 0 Å². The average Bonchev–Trinajstić information content (AvgIpc) is 3.30. The van der Waals surface area contributed by atoms with E-state index in [4.69, 9.17) is 0 Å². The summed E-state index contributed by atoms with van der Waals surface area (Å²) in [6, 6.07) is 4.36. The Labute approximate surface area is 149 Å². The van der Waals surface area contributed by atoms with Crippen LogP contribution < -0.4 is 0 Å². The van der Waals surface area contributed by atoms with Gasteiger partial charge in [0.25, 0.3) is 5.91 Å². The fourth-order valence-corrected chi connectivity index (χ4v) is 3.67. The van der Waals surface area contributed by atoms with E-state index in [1.165, 1.54) is 0 Å². The first kappa shape index (κ1) is 17.7. The number of carbonyl (C=O) groups excluding carboxylic acids is 1. The first-order chi connectivity index (χ1) is 12.0. The molecule has 0 saturated carbocycles. The Kier molecular flexibility index (Phi) is 5.22. The van der Waals surface area contributed by atoms with Gasteiger partial charge in [-0.25, -0.2) is 0 Å². The van der Waals surface area contributed by atoms with Crippen molar-refractivity contribution in [2.24, 2.45) is 0 Å². The maximum Gasteiger partial charge on any atom is 0.274 e. The van der Waals surface area contributed by atoms with Crippen LogP contribution in [0.4, 0.5) is 0 Å². The quantitative estimate of drug-likeness (QED) is 0.868. The molecule has 2 aromatic heterocycles. The standard InChI is InChI=1S/C18H28N6O/c1-5-22(6-2)16-7-8-23(12-16)18(25)17-10-15(19-20-17)11-24-14(4)9-13(3)21-24/h9-10,16H,5-8,11-12H2,1-4H3,(H,19,20). The van der Waals surface area contributed by atoms with Crippen molar-refractivity contribution in [1.29, 1.82) is 0 Å². The van der Waals surface area contributed by atoms with Crippen molar-refractivity contribution >= 4 is 5.91 Å². The zero-order valence-corrected chi connectivity index (χ0v) is 15.6. The van der Waals surface area contributed by atoms with Gasteiger partial charge in [0.1, 0.15) is 5.69 Å². The third-order valence-corrected chi connectivity index (χ3v) is 5.05. The molecule has 1 aliphatic heterocycles. The van der Waals surface area contributed by atoms with Crippen molar-refractivity contribution < 1.29 is 4.79 Å². The molecule has 3 rings (SSSR count). The van der Waals surface area contributed by atoms with Crippen LogP contribution >= 0.6 is 0 Å². The molecule has 0 aliphatic carbocycles. The van der Waals surface area contributed by atoms with E-state index in [2.05, 4.69) is 34.0 Å². The lowest BCUT2D eigenvalue weighted by Gasteiger charge is -2.25. The molecule has 0 aromatic carbocycles. The van der Waals surface area contributed by atoms with Crippen LogP contribution in [0, 0.1) is 13.8 Å². The molecule has 0 bridgehead atoms. The molecule has 7 heteroatoms. The Morgan fingerprint density at radius 2 is 2.08 bits per heavy atom. The Morgan fingerprint density at radius 1 is 1.32 bits per heavy atom. The van der Waals surface area contributed by atoms with Gasteiger partial charge in [-0.15, -0.1) is 0 Å². The fraction of sp³-hybridized carbons (Fsp3) is 0.611. The van der Waals surface area contributed by atoms with Crippen LogP contribution in [0.3, 0.4) is 0 Å². The van der Waals surface area contributed by atoms with Gasteiger partial charge < -0.3 is 4.90 Å². The molecule has 1 saturated heterocycles. The number of amides is 1. The second kappa shape index (κ2) is 7.39. The normalized spacial score (nSPS) is 17.6. The van der Waals surface area contributed by atoms with Gasteiger partial charge in [-0.2, -0.15) is 10.2 Å². The maximum atomic E-state index is 12.7. The number of aromatic nitrogens is 4. The lowest BCUT2D eigenvalue weighted by Crippen LogP contribution is -2.38. The lowest BCUT2D eigenvalue weighted by molar-refractivity contribution is 0.0772. The number of rotatable bonds is 6. The van der Waals surface area contributed by atoms with E-state index < -0.39 is 0 Å². The smallest absolute Gasteiger partial charge is 0.274 e. The molecule has 7 nitrogen and oxygen atoms in total. The summed E-state index contributed by atoms with van der Waals surface area (Å²) in [7, 11) is 0. The third kappa shape index (κ3) is 3.76. The SMILES string of the molecule is CCN(CC)C1CCN(C(=O)c2cc(Cn3nc(C)cc3C)[nH]n2)C1. The number of H-pyrrole nitrogens is 1. The summed E-state index contributed by atoms with van der Waals surface area (Å²) in [5, 5.41) is 11.7. The first-order valence-electron chi connectivity index (χ1n) is 9.10. The number of aryl methyl sites for hydroxylation is 2. The molecule has 0 radical (unpaired) electrons. The van der Waals surface area contributed by atoms with Crippen LogP contribution in [0.2, 0.25) is 0 Å². The maximum absolute atomic E-state index is 12.7. The molecule has 1 amide bonds. The van der Waals surface area contributed by atoms with Gasteiger partial charge in [-0.05, 0) is 45.5 Å². The number of carbonyl (C=O) groups is 1. The van der Waals surface area contributed by atoms with Gasteiger partial charge >= 0.3 is 0 Å². The van der Waals surface area contributed by atoms with E-state index >= 15 is 0 Å². The van der Waals surface area contributed by atoms with Gasteiger partial charge in [0, 0.05) is 24.8 Å². The summed E-state index contributed by atoms with van der Waals surface area (Å²) in [6.45, 7) is 12.6. The zero-order chi connectivity index (χ0) is 18.0. The lowest BCUT2D eigenvalue weighted by atomic mass is 10.2. The van der Waals surface area contributed by atoms with Crippen LogP contribution in [0.15, 0.2) is 12.1 Å². The second-order valence-electron chi connectivity index (χ2n) is 6.78. The van der Waals surface area contributed by atoms with E-state index in [0.29, 0.717) is 18.3 Å². The zero-order valence-electron chi connectivity index (χ0n) is 15.6. The summed E-state index contributed by atoms with van der Waals surface area (Å²) in [6.07, 6.45) is 1.04. The molecular formula is C18H28N6O. The summed E-state index contributed by atoms with van der Waals surface area (Å²) in [5.74, 6) is 0.0190. The fourth-order valence-electron chi connectivity index (χ4n) is 3.67. The van der Waals surface area contributed by atoms with Crippen molar-refractivity contribution in [2.45, 2.75) is 46.7 Å². The van der Waals surface area contributed by atoms with Gasteiger partial charge in [0.15, 0.2) is 0 Å². The molecule has 3 heterocycles. The van der Waals surface area contributed by atoms with Crippen LogP contribution in [-0.2, 0) is 6.54 Å². The van der Waals surface area contributed by atoms with Crippen molar-refractivity contribution in [2.75, 3.05) is 26.2 Å². The number of hydrogen-bond donors (Lipinski definition) is 1. The predicted molar refractivity (Wildman–Crippen MR) is 96.6 cm³/mol. The topological polar surface area (TPSA) is 70.1 Å². The molecule has 25 heavy (non-hydrogen) atoms. The van der Waals surface area contributed by atoms with Gasteiger partial charge in [0.2, 0.25) is 0 Å². The number of nitrogens with one attached hydrogen (secondary N) is 1. The monoisotopic (exact) mass is 344 g/mol. The number of aromatic amines is 1. The Morgan fingerprint density at radius 3 is 2.72 bits per heavy atom. The van der Waals surface area contributed by atoms with Gasteiger partial charge in [-0.1, -0.05) is 13.8 Å². The minimum Gasteiger partial charge on any atom is -0.336 e. The second-order valence-corrected chi connectivity index (χ2v) is 6.78. The highest BCUT2D eigenvalue weighted by Crippen LogP contribution is 2.18. The Bertz CT molecular complexity index is 730. The predicted octanol–water partition coefficient (Wildman–Crippen LogP) is 1.83. The third-order valence-electron chi connectivity index (χ3n) is 5.05. The van der Waals surface area contributed by atoms with Gasteiger partial charge in [-0.3, -0.25) is 19.5 Å². The number of nitrogens with zero attached hydrogens (tertiary/aromatic N) is 5. The molecular weight excluding hydrogens is 316 g/mol. The Hall–Kier alpha value is -2.15. The number of likely N-dealkylation sites (tertiary alicyclic amines) is 1. The largest absolute Gasteiger partial charge is 0.336 e. The minimum atomic E-state index is 0.0190. The molecule has 136 valence electrons. The van der Waals surface area contributed by atoms with E-state index in [9.17, 15) is 4.79 Å². The van der Waals surface area contributed by atoms with Crippen LogP contribution in [-0.4, -0.2) is 67.9 Å². The van der Waals surface area contributed by atoms with Crippen LogP contribution in [0.1, 0.15) is 47.8 Å². The molecule has 1 fully saturated rings. The molecule has 1 unspecified atom stereocenters. The minimum absolute atomic E-state index is 0.0190. The van der Waals surface area contributed by atoms with Crippen LogP contribution in [0.25, 0.3) is 0 Å². The molecule has 1 aliphatic rings. The van der Waals surface area contributed by atoms with Crippen molar-refractivity contribution in [3.8, 4) is 0 Å². The molecule has 1 N–H and O–H groups in total. The molecule has 0 spiro atoms.